The van der Waals surface area contributed by atoms with Crippen molar-refractivity contribution in [2.45, 2.75) is 44.9 Å². The van der Waals surface area contributed by atoms with E-state index >= 15 is 0 Å². The van der Waals surface area contributed by atoms with Gasteiger partial charge in [0.25, 0.3) is 5.91 Å². The van der Waals surface area contributed by atoms with E-state index in [1.54, 1.807) is 22.8 Å². The van der Waals surface area contributed by atoms with Crippen molar-refractivity contribution in [3.8, 4) is 22.3 Å². The number of aliphatic hydroxyl groups excluding tert-OH is 2. The van der Waals surface area contributed by atoms with Crippen molar-refractivity contribution in [1.82, 2.24) is 4.57 Å². The van der Waals surface area contributed by atoms with Crippen molar-refractivity contribution >= 4 is 23.6 Å². The first-order valence-corrected chi connectivity index (χ1v) is 13.5. The molecule has 1 aromatic heterocycles. The first-order chi connectivity index (χ1) is 20.0. The van der Waals surface area contributed by atoms with Gasteiger partial charge in [0.05, 0.1) is 12.2 Å². The van der Waals surface area contributed by atoms with E-state index < -0.39 is 42.1 Å². The van der Waals surface area contributed by atoms with Crippen LogP contribution in [0.3, 0.4) is 0 Å². The van der Waals surface area contributed by atoms with Crippen LogP contribution in [0.5, 0.6) is 0 Å². The van der Waals surface area contributed by atoms with Crippen molar-refractivity contribution in [2.24, 2.45) is 0 Å². The standard InChI is InChI=1S/C33H32F2N2O5/c1-20(2)37-28(17-16-26(38)18-27(39)19-29(40)41)30(22-8-10-23(34)11-9-22)31(21-6-4-3-5-7-21)32(37)33(42)36-25-14-12-24(35)13-15-25/h3-17,20,26-27,38-39H,18-19H2,1-2H3,(H,36,42)(H,40,41)/p-1/b17-16+/t26-,27-/m1/s1. The Bertz CT molecular complexity index is 1560. The Morgan fingerprint density at radius 3 is 2.02 bits per heavy atom. The van der Waals surface area contributed by atoms with Crippen LogP contribution >= 0.6 is 0 Å². The Morgan fingerprint density at radius 2 is 1.45 bits per heavy atom. The number of carbonyl (C=O) groups is 2. The van der Waals surface area contributed by atoms with Crippen LogP contribution in [0.4, 0.5) is 14.5 Å². The van der Waals surface area contributed by atoms with Crippen LogP contribution < -0.4 is 10.4 Å². The van der Waals surface area contributed by atoms with Crippen molar-refractivity contribution in [3.63, 3.8) is 0 Å². The van der Waals surface area contributed by atoms with E-state index in [0.717, 1.165) is 0 Å². The Labute approximate surface area is 242 Å². The molecule has 0 aliphatic heterocycles. The monoisotopic (exact) mass is 573 g/mol. The number of benzene rings is 3. The van der Waals surface area contributed by atoms with Crippen LogP contribution in [-0.4, -0.2) is 38.9 Å². The highest BCUT2D eigenvalue weighted by Crippen LogP contribution is 2.43. The Morgan fingerprint density at radius 1 is 0.881 bits per heavy atom. The SMILES string of the molecule is CC(C)n1c(/C=C/[C@@H](O)C[C@@H](O)CC(=O)[O-])c(-c2ccc(F)cc2)c(-c2ccccc2)c1C(=O)Nc1ccc(F)cc1. The smallest absolute Gasteiger partial charge is 0.272 e. The number of rotatable bonds is 11. The van der Waals surface area contributed by atoms with Crippen molar-refractivity contribution in [1.29, 1.82) is 0 Å². The lowest BCUT2D eigenvalue weighted by Gasteiger charge is -2.17. The summed E-state index contributed by atoms with van der Waals surface area (Å²) < 4.78 is 29.3. The van der Waals surface area contributed by atoms with E-state index in [4.69, 9.17) is 0 Å². The normalized spacial score (nSPS) is 12.9. The van der Waals surface area contributed by atoms with Crippen LogP contribution in [0.2, 0.25) is 0 Å². The number of carboxylic acid groups (broad SMARTS) is 1. The molecule has 1 amide bonds. The summed E-state index contributed by atoms with van der Waals surface area (Å²) in [5, 5.41) is 34.3. The van der Waals surface area contributed by atoms with Crippen LogP contribution in [0, 0.1) is 11.6 Å². The molecule has 0 radical (unpaired) electrons. The number of carbonyl (C=O) groups excluding carboxylic acids is 2. The van der Waals surface area contributed by atoms with E-state index in [2.05, 4.69) is 5.32 Å². The van der Waals surface area contributed by atoms with Gasteiger partial charge in [0, 0.05) is 47.4 Å². The van der Waals surface area contributed by atoms with Gasteiger partial charge in [-0.05, 0) is 67.4 Å². The lowest BCUT2D eigenvalue weighted by atomic mass is 9.94. The van der Waals surface area contributed by atoms with Crippen molar-refractivity contribution < 1.29 is 33.7 Å². The zero-order valence-corrected chi connectivity index (χ0v) is 23.1. The summed E-state index contributed by atoms with van der Waals surface area (Å²) in [6.45, 7) is 3.77. The minimum Gasteiger partial charge on any atom is -0.550 e. The average molecular weight is 574 g/mol. The Hall–Kier alpha value is -4.60. The van der Waals surface area contributed by atoms with Gasteiger partial charge < -0.3 is 30.0 Å². The molecule has 0 aliphatic carbocycles. The number of aromatic nitrogens is 1. The molecular weight excluding hydrogens is 542 g/mol. The van der Waals surface area contributed by atoms with E-state index in [1.807, 2.05) is 44.2 Å². The quantitative estimate of drug-likeness (QED) is 0.228. The average Bonchev–Trinajstić information content (AvgIpc) is 3.29. The lowest BCUT2D eigenvalue weighted by molar-refractivity contribution is -0.307. The molecule has 9 heteroatoms. The Balaban J connectivity index is 1.95. The number of anilines is 1. The molecule has 4 rings (SSSR count). The van der Waals surface area contributed by atoms with Crippen LogP contribution in [0.25, 0.3) is 28.3 Å². The minimum absolute atomic E-state index is 0.248. The molecule has 0 unspecified atom stereocenters. The number of amides is 1. The third-order valence-electron chi connectivity index (χ3n) is 6.66. The zero-order valence-electron chi connectivity index (χ0n) is 23.1. The van der Waals surface area contributed by atoms with E-state index in [-0.39, 0.29) is 18.2 Å². The molecule has 1 heterocycles. The minimum atomic E-state index is -1.43. The maximum absolute atomic E-state index is 14.0. The third kappa shape index (κ3) is 7.18. The highest BCUT2D eigenvalue weighted by Gasteiger charge is 2.29. The van der Waals surface area contributed by atoms with Crippen molar-refractivity contribution in [2.75, 3.05) is 5.32 Å². The van der Waals surface area contributed by atoms with E-state index in [1.165, 1.54) is 42.5 Å². The molecule has 3 aromatic carbocycles. The summed E-state index contributed by atoms with van der Waals surface area (Å²) in [7, 11) is 0. The largest absolute Gasteiger partial charge is 0.550 e. The fraction of sp³-hybridized carbons (Fsp3) is 0.212. The molecule has 4 aromatic rings. The van der Waals surface area contributed by atoms with Crippen LogP contribution in [0.1, 0.15) is 48.9 Å². The van der Waals surface area contributed by atoms with Gasteiger partial charge >= 0.3 is 0 Å². The van der Waals surface area contributed by atoms with Crippen molar-refractivity contribution in [3.05, 3.63) is 108 Å². The Kier molecular flexibility index (Phi) is 9.67. The summed E-state index contributed by atoms with van der Waals surface area (Å²) >= 11 is 0. The molecule has 218 valence electrons. The van der Waals surface area contributed by atoms with Gasteiger partial charge in [-0.25, -0.2) is 8.78 Å². The molecule has 7 nitrogen and oxygen atoms in total. The number of halogens is 2. The van der Waals surface area contributed by atoms with E-state index in [0.29, 0.717) is 33.6 Å². The summed E-state index contributed by atoms with van der Waals surface area (Å²) in [5.74, 6) is -2.79. The predicted octanol–water partition coefficient (Wildman–Crippen LogP) is 5.20. The molecular formula is C33H31F2N2O5-. The van der Waals surface area contributed by atoms with Crippen LogP contribution in [-0.2, 0) is 4.79 Å². The maximum atomic E-state index is 14.0. The molecule has 0 aliphatic rings. The van der Waals surface area contributed by atoms with Gasteiger partial charge in [-0.3, -0.25) is 4.79 Å². The van der Waals surface area contributed by atoms with Gasteiger partial charge in [-0.1, -0.05) is 48.5 Å². The molecule has 3 N–H and O–H groups in total. The lowest BCUT2D eigenvalue weighted by Crippen LogP contribution is -2.29. The highest BCUT2D eigenvalue weighted by molar-refractivity contribution is 6.11. The summed E-state index contributed by atoms with van der Waals surface area (Å²) in [6.07, 6.45) is -0.387. The molecule has 0 saturated heterocycles. The molecule has 0 saturated carbocycles. The fourth-order valence-corrected chi connectivity index (χ4v) is 4.88. The first kappa shape index (κ1) is 30.4. The third-order valence-corrected chi connectivity index (χ3v) is 6.66. The van der Waals surface area contributed by atoms with Gasteiger partial charge in [-0.2, -0.15) is 0 Å². The maximum Gasteiger partial charge on any atom is 0.272 e. The molecule has 2 atom stereocenters. The highest BCUT2D eigenvalue weighted by atomic mass is 19.1. The predicted molar refractivity (Wildman–Crippen MR) is 155 cm³/mol. The molecule has 42 heavy (non-hydrogen) atoms. The number of aliphatic carboxylic acids is 1. The second kappa shape index (κ2) is 13.4. The number of hydrogen-bond acceptors (Lipinski definition) is 5. The van der Waals surface area contributed by atoms with Gasteiger partial charge in [0.15, 0.2) is 0 Å². The summed E-state index contributed by atoms with van der Waals surface area (Å²) in [5.41, 5.74) is 3.66. The fourth-order valence-electron chi connectivity index (χ4n) is 4.88. The van der Waals surface area contributed by atoms with Gasteiger partial charge in [0.1, 0.15) is 17.3 Å². The zero-order chi connectivity index (χ0) is 30.4. The second-order valence-electron chi connectivity index (χ2n) is 10.2. The van der Waals surface area contributed by atoms with Gasteiger partial charge in [0.2, 0.25) is 0 Å². The number of hydrogen-bond donors (Lipinski definition) is 3. The molecule has 0 spiro atoms. The number of carboxylic acids is 1. The summed E-state index contributed by atoms with van der Waals surface area (Å²) in [6, 6.07) is 20.1. The van der Waals surface area contributed by atoms with E-state index in [9.17, 15) is 33.7 Å². The number of nitrogens with zero attached hydrogens (tertiary/aromatic N) is 1. The second-order valence-corrected chi connectivity index (χ2v) is 10.2. The topological polar surface area (TPSA) is 115 Å². The molecule has 0 bridgehead atoms. The number of aliphatic hydroxyl groups is 2. The number of nitrogens with one attached hydrogen (secondary N) is 1. The first-order valence-electron chi connectivity index (χ1n) is 13.5. The van der Waals surface area contributed by atoms with Gasteiger partial charge in [-0.15, -0.1) is 0 Å². The molecule has 0 fully saturated rings. The van der Waals surface area contributed by atoms with Crippen LogP contribution in [0.15, 0.2) is 84.9 Å². The summed E-state index contributed by atoms with van der Waals surface area (Å²) in [4.78, 5) is 24.8.